The van der Waals surface area contributed by atoms with Crippen LogP contribution in [0.5, 0.6) is 11.5 Å². The van der Waals surface area contributed by atoms with E-state index < -0.39 is 5.82 Å². The number of nitrogens with zero attached hydrogens (tertiary/aromatic N) is 5. The van der Waals surface area contributed by atoms with E-state index in [2.05, 4.69) is 37.6 Å². The first-order valence-electron chi connectivity index (χ1n) is 13.3. The van der Waals surface area contributed by atoms with Crippen LogP contribution in [0.4, 0.5) is 4.39 Å². The van der Waals surface area contributed by atoms with Crippen molar-refractivity contribution < 1.29 is 13.9 Å². The minimum atomic E-state index is -0.470. The molecule has 1 saturated heterocycles. The monoisotopic (exact) mass is 533 g/mol. The van der Waals surface area contributed by atoms with E-state index in [4.69, 9.17) is 4.74 Å². The number of pyridine rings is 1. The summed E-state index contributed by atoms with van der Waals surface area (Å²) in [6.45, 7) is 6.34. The van der Waals surface area contributed by atoms with Crippen molar-refractivity contribution in [2.24, 2.45) is 5.92 Å². The number of ether oxygens (including phenoxy) is 1. The van der Waals surface area contributed by atoms with Gasteiger partial charge in [0.25, 0.3) is 0 Å². The smallest absolute Gasteiger partial charge is 0.166 e. The fraction of sp³-hybridized carbons (Fsp3) is 0.414. The van der Waals surface area contributed by atoms with Crippen LogP contribution >= 0.6 is 11.3 Å². The Morgan fingerprint density at radius 2 is 1.92 bits per heavy atom. The van der Waals surface area contributed by atoms with Gasteiger partial charge in [0.2, 0.25) is 0 Å². The molecule has 0 spiro atoms. The second-order valence-corrected chi connectivity index (χ2v) is 11.6. The minimum absolute atomic E-state index is 0.138. The molecule has 0 radical (unpaired) electrons. The van der Waals surface area contributed by atoms with Crippen molar-refractivity contribution >= 4 is 27.3 Å². The maximum atomic E-state index is 14.9. The molecule has 0 unspecified atom stereocenters. The summed E-state index contributed by atoms with van der Waals surface area (Å²) in [5, 5.41) is 0. The number of carbonyl (C=O) groups is 1. The zero-order valence-corrected chi connectivity index (χ0v) is 22.4. The largest absolute Gasteiger partial charge is 0.453 e. The third kappa shape index (κ3) is 5.95. The van der Waals surface area contributed by atoms with Gasteiger partial charge in [0.1, 0.15) is 11.5 Å². The number of imidazole rings is 1. The molecule has 38 heavy (non-hydrogen) atoms. The highest BCUT2D eigenvalue weighted by Gasteiger charge is 2.24. The first-order valence-corrected chi connectivity index (χ1v) is 14.1. The van der Waals surface area contributed by atoms with Crippen LogP contribution in [0, 0.1) is 11.7 Å². The molecule has 1 aromatic carbocycles. The SMILES string of the molecule is CN1CCN(CCn2cnc(-c3cc4nccc(Oc5ccc(CC(=O)CC6CC6)cc5F)c4s3)c2)CC1. The van der Waals surface area contributed by atoms with Gasteiger partial charge in [0.15, 0.2) is 11.6 Å². The number of ketones is 1. The summed E-state index contributed by atoms with van der Waals surface area (Å²) in [6, 6.07) is 8.55. The van der Waals surface area contributed by atoms with Crippen LogP contribution < -0.4 is 4.74 Å². The number of likely N-dealkylation sites (N-methyl/N-ethyl adjacent to an activating group) is 1. The number of thiophene rings is 1. The molecule has 1 aliphatic carbocycles. The Morgan fingerprint density at radius 3 is 2.71 bits per heavy atom. The van der Waals surface area contributed by atoms with Crippen molar-refractivity contribution in [2.45, 2.75) is 32.2 Å². The molecule has 198 valence electrons. The first-order chi connectivity index (χ1) is 18.5. The molecule has 0 atom stereocenters. The van der Waals surface area contributed by atoms with Crippen LogP contribution in [0.15, 0.2) is 49.1 Å². The van der Waals surface area contributed by atoms with Crippen LogP contribution in [-0.4, -0.2) is 69.9 Å². The fourth-order valence-electron chi connectivity index (χ4n) is 4.86. The first kappa shape index (κ1) is 25.2. The molecule has 4 aromatic rings. The summed E-state index contributed by atoms with van der Waals surface area (Å²) in [4.78, 5) is 27.1. The second kappa shape index (κ2) is 10.9. The third-order valence-corrected chi connectivity index (χ3v) is 8.52. The predicted octanol–water partition coefficient (Wildman–Crippen LogP) is 5.25. The van der Waals surface area contributed by atoms with Crippen LogP contribution in [0.2, 0.25) is 0 Å². The molecule has 9 heteroatoms. The van der Waals surface area contributed by atoms with Gasteiger partial charge in [0.05, 0.1) is 27.1 Å². The van der Waals surface area contributed by atoms with Gasteiger partial charge in [-0.15, -0.1) is 11.3 Å². The normalized spacial score (nSPS) is 16.8. The van der Waals surface area contributed by atoms with Crippen molar-refractivity contribution in [3.63, 3.8) is 0 Å². The Hall–Kier alpha value is -3.14. The van der Waals surface area contributed by atoms with Gasteiger partial charge in [-0.05, 0) is 49.6 Å². The van der Waals surface area contributed by atoms with Crippen molar-refractivity contribution in [1.29, 1.82) is 0 Å². The van der Waals surface area contributed by atoms with E-state index in [1.165, 1.54) is 17.4 Å². The van der Waals surface area contributed by atoms with Crippen LogP contribution in [0.3, 0.4) is 0 Å². The number of halogens is 1. The molecule has 6 rings (SSSR count). The molecule has 4 heterocycles. The summed E-state index contributed by atoms with van der Waals surface area (Å²) in [7, 11) is 2.17. The fourth-order valence-corrected chi connectivity index (χ4v) is 5.89. The Balaban J connectivity index is 1.13. The average molecular weight is 534 g/mol. The predicted molar refractivity (Wildman–Crippen MR) is 147 cm³/mol. The van der Waals surface area contributed by atoms with Crippen molar-refractivity contribution in [1.82, 2.24) is 24.3 Å². The number of piperazine rings is 1. The van der Waals surface area contributed by atoms with Gasteiger partial charge in [-0.1, -0.05) is 6.07 Å². The Bertz CT molecular complexity index is 1440. The van der Waals surface area contributed by atoms with Gasteiger partial charge in [-0.25, -0.2) is 9.37 Å². The van der Waals surface area contributed by atoms with Crippen molar-refractivity contribution in [3.8, 4) is 22.1 Å². The Morgan fingerprint density at radius 1 is 1.08 bits per heavy atom. The van der Waals surface area contributed by atoms with Gasteiger partial charge in [0, 0.05) is 70.6 Å². The van der Waals surface area contributed by atoms with E-state index in [1.807, 2.05) is 12.4 Å². The van der Waals surface area contributed by atoms with E-state index >= 15 is 0 Å². The van der Waals surface area contributed by atoms with Crippen LogP contribution in [0.25, 0.3) is 20.8 Å². The number of benzene rings is 1. The highest BCUT2D eigenvalue weighted by molar-refractivity contribution is 7.22. The topological polar surface area (TPSA) is 63.5 Å². The van der Waals surface area contributed by atoms with E-state index in [1.54, 1.807) is 24.4 Å². The van der Waals surface area contributed by atoms with Crippen molar-refractivity contribution in [3.05, 3.63) is 60.4 Å². The highest BCUT2D eigenvalue weighted by Crippen LogP contribution is 2.39. The highest BCUT2D eigenvalue weighted by atomic mass is 32.1. The summed E-state index contributed by atoms with van der Waals surface area (Å²) in [6.07, 6.45) is 8.77. The number of Topliss-reactive ketones (excluding diaryl/α,β-unsaturated/α-hetero) is 1. The molecule has 1 aliphatic heterocycles. The maximum Gasteiger partial charge on any atom is 0.166 e. The lowest BCUT2D eigenvalue weighted by molar-refractivity contribution is -0.118. The van der Waals surface area contributed by atoms with Crippen molar-refractivity contribution in [2.75, 3.05) is 39.8 Å². The Kier molecular flexibility index (Phi) is 7.23. The van der Waals surface area contributed by atoms with Crippen LogP contribution in [-0.2, 0) is 17.8 Å². The standard InChI is InChI=1S/C29H32FN5O2S/c1-33-8-10-34(11-9-33)12-13-35-18-25(32-19-35)28-17-24-29(38-28)27(6-7-31-24)37-26-5-4-21(16-23(26)30)15-22(36)14-20-2-3-20/h4-7,16-20H,2-3,8-15H2,1H3. The summed E-state index contributed by atoms with van der Waals surface area (Å²) in [5.74, 6) is 0.929. The van der Waals surface area contributed by atoms with E-state index in [0.29, 0.717) is 23.7 Å². The van der Waals surface area contributed by atoms with E-state index in [-0.39, 0.29) is 18.0 Å². The average Bonchev–Trinajstić information content (AvgIpc) is 3.40. The molecule has 2 fully saturated rings. The third-order valence-electron chi connectivity index (χ3n) is 7.36. The summed E-state index contributed by atoms with van der Waals surface area (Å²) >= 11 is 1.54. The number of aromatic nitrogens is 3. The second-order valence-electron chi connectivity index (χ2n) is 10.5. The molecule has 0 N–H and O–H groups in total. The molecule has 3 aromatic heterocycles. The van der Waals surface area contributed by atoms with Gasteiger partial charge < -0.3 is 14.2 Å². The molecule has 0 amide bonds. The zero-order valence-electron chi connectivity index (χ0n) is 21.6. The zero-order chi connectivity index (χ0) is 26.1. The molecule has 0 bridgehead atoms. The summed E-state index contributed by atoms with van der Waals surface area (Å²) in [5.41, 5.74) is 2.36. The molecule has 7 nitrogen and oxygen atoms in total. The maximum absolute atomic E-state index is 14.9. The quantitative estimate of drug-likeness (QED) is 0.278. The molecule has 1 saturated carbocycles. The van der Waals surface area contributed by atoms with E-state index in [9.17, 15) is 9.18 Å². The van der Waals surface area contributed by atoms with Crippen LogP contribution in [0.1, 0.15) is 24.8 Å². The van der Waals surface area contributed by atoms with Gasteiger partial charge in [-0.3, -0.25) is 14.7 Å². The number of hydrogen-bond donors (Lipinski definition) is 0. The lowest BCUT2D eigenvalue weighted by Crippen LogP contribution is -2.45. The number of fused-ring (bicyclic) bond motifs is 1. The lowest BCUT2D eigenvalue weighted by Gasteiger charge is -2.32. The minimum Gasteiger partial charge on any atom is -0.453 e. The van der Waals surface area contributed by atoms with Gasteiger partial charge in [-0.2, -0.15) is 0 Å². The Labute approximate surface area is 225 Å². The van der Waals surface area contributed by atoms with Gasteiger partial charge >= 0.3 is 0 Å². The lowest BCUT2D eigenvalue weighted by atomic mass is 10.0. The molecule has 2 aliphatic rings. The summed E-state index contributed by atoms with van der Waals surface area (Å²) < 4.78 is 23.9. The number of hydrogen-bond acceptors (Lipinski definition) is 7. The molecular weight excluding hydrogens is 501 g/mol. The molecular formula is C29H32FN5O2S. The number of rotatable bonds is 10. The van der Waals surface area contributed by atoms with E-state index in [0.717, 1.165) is 72.9 Å². The number of carbonyl (C=O) groups excluding carboxylic acids is 1.